The van der Waals surface area contributed by atoms with Crippen molar-refractivity contribution < 1.29 is 29.0 Å². The van der Waals surface area contributed by atoms with Gasteiger partial charge in [0.15, 0.2) is 18.1 Å². The van der Waals surface area contributed by atoms with Crippen LogP contribution in [-0.4, -0.2) is 36.6 Å². The second kappa shape index (κ2) is 11.9. The Labute approximate surface area is 207 Å². The molecule has 0 saturated heterocycles. The number of hydrogen-bond donors (Lipinski definition) is 3. The van der Waals surface area contributed by atoms with E-state index >= 15 is 0 Å². The Morgan fingerprint density at radius 1 is 0.972 bits per heavy atom. The Kier molecular flexibility index (Phi) is 8.40. The fourth-order valence-corrected chi connectivity index (χ4v) is 3.11. The third-order valence-electron chi connectivity index (χ3n) is 4.93. The largest absolute Gasteiger partial charge is 0.493 e. The van der Waals surface area contributed by atoms with Gasteiger partial charge in [-0.25, -0.2) is 4.79 Å². The number of benzene rings is 3. The number of methoxy groups -OCH3 is 1. The first-order valence-electron chi connectivity index (χ1n) is 10.7. The van der Waals surface area contributed by atoms with Crippen molar-refractivity contribution in [3.05, 3.63) is 89.0 Å². The first kappa shape index (κ1) is 25.5. The number of anilines is 2. The highest BCUT2D eigenvalue weighted by Gasteiger charge is 2.13. The van der Waals surface area contributed by atoms with Crippen LogP contribution in [0.5, 0.6) is 11.5 Å². The quantitative estimate of drug-likeness (QED) is 0.304. The smallest absolute Gasteiger partial charge is 0.335 e. The molecule has 0 spiro atoms. The molecule has 3 rings (SSSR count). The number of carbonyl (C=O) groups excluding carboxylic acids is 2. The minimum absolute atomic E-state index is 0.00293. The van der Waals surface area contributed by atoms with Crippen LogP contribution in [-0.2, 0) is 9.59 Å². The van der Waals surface area contributed by atoms with E-state index in [9.17, 15) is 19.6 Å². The Morgan fingerprint density at radius 2 is 1.72 bits per heavy atom. The van der Waals surface area contributed by atoms with Crippen LogP contribution < -0.4 is 20.1 Å². The highest BCUT2D eigenvalue weighted by atomic mass is 16.5. The van der Waals surface area contributed by atoms with Crippen molar-refractivity contribution in [2.24, 2.45) is 0 Å². The first-order valence-corrected chi connectivity index (χ1v) is 10.7. The summed E-state index contributed by atoms with van der Waals surface area (Å²) in [7, 11) is 1.43. The van der Waals surface area contributed by atoms with E-state index in [1.807, 2.05) is 25.1 Å². The predicted molar refractivity (Wildman–Crippen MR) is 134 cm³/mol. The van der Waals surface area contributed by atoms with Gasteiger partial charge in [0.2, 0.25) is 0 Å². The van der Waals surface area contributed by atoms with E-state index in [1.54, 1.807) is 30.3 Å². The van der Waals surface area contributed by atoms with E-state index in [1.165, 1.54) is 37.5 Å². The molecule has 0 fully saturated rings. The third kappa shape index (κ3) is 6.95. The van der Waals surface area contributed by atoms with Crippen LogP contribution in [0.3, 0.4) is 0 Å². The van der Waals surface area contributed by atoms with Gasteiger partial charge in [0.05, 0.1) is 12.7 Å². The summed E-state index contributed by atoms with van der Waals surface area (Å²) in [5.74, 6) is -1.57. The summed E-state index contributed by atoms with van der Waals surface area (Å²) >= 11 is 0. The second-order valence-corrected chi connectivity index (χ2v) is 7.62. The minimum Gasteiger partial charge on any atom is -0.493 e. The Balaban J connectivity index is 1.68. The fraction of sp³-hybridized carbons (Fsp3) is 0.111. The predicted octanol–water partition coefficient (Wildman–Crippen LogP) is 4.27. The highest BCUT2D eigenvalue weighted by molar-refractivity contribution is 6.10. The van der Waals surface area contributed by atoms with Gasteiger partial charge in [0.25, 0.3) is 11.8 Å². The second-order valence-electron chi connectivity index (χ2n) is 7.62. The van der Waals surface area contributed by atoms with Crippen molar-refractivity contribution in [3.63, 3.8) is 0 Å². The molecule has 9 heteroatoms. The molecule has 2 amide bonds. The number of nitrogens with zero attached hydrogens (tertiary/aromatic N) is 1. The molecule has 0 bridgehead atoms. The lowest BCUT2D eigenvalue weighted by Gasteiger charge is -2.12. The molecule has 36 heavy (non-hydrogen) atoms. The molecule has 3 aromatic rings. The Bertz CT molecular complexity index is 1360. The molecule has 0 radical (unpaired) electrons. The number of nitrogens with one attached hydrogen (secondary N) is 2. The molecular weight excluding hydrogens is 462 g/mol. The van der Waals surface area contributed by atoms with Gasteiger partial charge < -0.3 is 25.2 Å². The minimum atomic E-state index is -1.14. The maximum atomic E-state index is 12.5. The van der Waals surface area contributed by atoms with Crippen molar-refractivity contribution in [2.75, 3.05) is 24.4 Å². The average Bonchev–Trinajstić information content (AvgIpc) is 2.87. The number of nitriles is 1. The SMILES string of the molecule is COc1cc(C=C(C#N)C(=O)Nc2cccc(C(=O)O)c2)ccc1OCC(=O)Nc1ccc(C)cc1. The van der Waals surface area contributed by atoms with Crippen LogP contribution in [0.1, 0.15) is 21.5 Å². The van der Waals surface area contributed by atoms with Gasteiger partial charge in [0, 0.05) is 11.4 Å². The number of carbonyl (C=O) groups is 3. The van der Waals surface area contributed by atoms with Crippen molar-refractivity contribution in [1.82, 2.24) is 0 Å². The summed E-state index contributed by atoms with van der Waals surface area (Å²) in [5, 5.41) is 23.8. The van der Waals surface area contributed by atoms with Crippen LogP contribution in [0.2, 0.25) is 0 Å². The first-order chi connectivity index (χ1) is 17.3. The maximum absolute atomic E-state index is 12.5. The van der Waals surface area contributed by atoms with Crippen LogP contribution in [0.15, 0.2) is 72.3 Å². The molecule has 0 heterocycles. The lowest BCUT2D eigenvalue weighted by Crippen LogP contribution is -2.20. The van der Waals surface area contributed by atoms with Crippen molar-refractivity contribution in [1.29, 1.82) is 5.26 Å². The lowest BCUT2D eigenvalue weighted by molar-refractivity contribution is -0.118. The third-order valence-corrected chi connectivity index (χ3v) is 4.93. The van der Waals surface area contributed by atoms with E-state index in [0.29, 0.717) is 22.7 Å². The van der Waals surface area contributed by atoms with Gasteiger partial charge in [-0.15, -0.1) is 0 Å². The van der Waals surface area contributed by atoms with Crippen molar-refractivity contribution in [3.8, 4) is 17.6 Å². The topological polar surface area (TPSA) is 138 Å². The summed E-state index contributed by atoms with van der Waals surface area (Å²) in [5.41, 5.74) is 2.25. The zero-order valence-electron chi connectivity index (χ0n) is 19.6. The van der Waals surface area contributed by atoms with Crippen molar-refractivity contribution >= 4 is 35.2 Å². The standard InChI is InChI=1S/C27H23N3O6/c1-17-6-9-21(10-7-17)29-25(31)16-36-23-11-8-18(13-24(23)35-2)12-20(15-28)26(32)30-22-5-3-4-19(14-22)27(33)34/h3-14H,16H2,1-2H3,(H,29,31)(H,30,32)(H,33,34). The summed E-state index contributed by atoms with van der Waals surface area (Å²) in [6, 6.07) is 19.6. The van der Waals surface area contributed by atoms with E-state index in [-0.39, 0.29) is 29.3 Å². The normalized spacial score (nSPS) is 10.6. The number of amides is 2. The van der Waals surface area contributed by atoms with Crippen molar-refractivity contribution in [2.45, 2.75) is 6.92 Å². The monoisotopic (exact) mass is 485 g/mol. The molecule has 0 aliphatic heterocycles. The summed E-state index contributed by atoms with van der Waals surface area (Å²) in [6.07, 6.45) is 1.35. The highest BCUT2D eigenvalue weighted by Crippen LogP contribution is 2.29. The number of aromatic carboxylic acids is 1. The molecule has 0 aromatic heterocycles. The van der Waals surface area contributed by atoms with E-state index in [2.05, 4.69) is 10.6 Å². The molecule has 3 N–H and O–H groups in total. The van der Waals surface area contributed by atoms with Crippen LogP contribution in [0, 0.1) is 18.3 Å². The molecule has 0 aliphatic carbocycles. The van der Waals surface area contributed by atoms with E-state index in [0.717, 1.165) is 5.56 Å². The number of carboxylic acids is 1. The summed E-state index contributed by atoms with van der Waals surface area (Å²) in [6.45, 7) is 1.70. The Morgan fingerprint density at radius 3 is 2.39 bits per heavy atom. The molecule has 0 atom stereocenters. The zero-order valence-corrected chi connectivity index (χ0v) is 19.6. The zero-order chi connectivity index (χ0) is 26.1. The molecule has 9 nitrogen and oxygen atoms in total. The maximum Gasteiger partial charge on any atom is 0.335 e. The van der Waals surface area contributed by atoms with Crippen LogP contribution >= 0.6 is 0 Å². The van der Waals surface area contributed by atoms with Gasteiger partial charge in [0.1, 0.15) is 11.6 Å². The molecule has 0 saturated carbocycles. The average molecular weight is 485 g/mol. The van der Waals surface area contributed by atoms with Gasteiger partial charge in [-0.2, -0.15) is 5.26 Å². The molecule has 3 aromatic carbocycles. The molecular formula is C27H23N3O6. The van der Waals surface area contributed by atoms with Crippen LogP contribution in [0.25, 0.3) is 6.08 Å². The lowest BCUT2D eigenvalue weighted by atomic mass is 10.1. The number of carboxylic acid groups (broad SMARTS) is 1. The summed E-state index contributed by atoms with van der Waals surface area (Å²) < 4.78 is 10.9. The number of hydrogen-bond acceptors (Lipinski definition) is 6. The number of aryl methyl sites for hydroxylation is 1. The van der Waals surface area contributed by atoms with Crippen LogP contribution in [0.4, 0.5) is 11.4 Å². The Hall–Kier alpha value is -5.10. The molecule has 182 valence electrons. The number of ether oxygens (including phenoxy) is 2. The van der Waals surface area contributed by atoms with Gasteiger partial charge in [-0.05, 0) is 61.0 Å². The number of rotatable bonds is 9. The van der Waals surface area contributed by atoms with E-state index < -0.39 is 11.9 Å². The van der Waals surface area contributed by atoms with Gasteiger partial charge in [-0.3, -0.25) is 9.59 Å². The fourth-order valence-electron chi connectivity index (χ4n) is 3.11. The molecule has 0 unspecified atom stereocenters. The van der Waals surface area contributed by atoms with Gasteiger partial charge in [-0.1, -0.05) is 29.8 Å². The van der Waals surface area contributed by atoms with E-state index in [4.69, 9.17) is 14.6 Å². The summed E-state index contributed by atoms with van der Waals surface area (Å²) in [4.78, 5) is 35.9. The van der Waals surface area contributed by atoms with Gasteiger partial charge >= 0.3 is 5.97 Å². The molecule has 0 aliphatic rings.